The lowest BCUT2D eigenvalue weighted by Crippen LogP contribution is -2.22. The van der Waals surface area contributed by atoms with Gasteiger partial charge in [-0.25, -0.2) is 22.2 Å². The van der Waals surface area contributed by atoms with E-state index >= 15 is 0 Å². The average Bonchev–Trinajstić information content (AvgIpc) is 2.59. The number of ether oxygens (including phenoxy) is 1. The first-order valence-electron chi connectivity index (χ1n) is 7.52. The van der Waals surface area contributed by atoms with E-state index in [-0.39, 0.29) is 34.8 Å². The Morgan fingerprint density at radius 3 is 2.74 bits per heavy atom. The summed E-state index contributed by atoms with van der Waals surface area (Å²) in [5, 5.41) is 18.2. The minimum atomic E-state index is -3.63. The second kappa shape index (κ2) is 9.26. The van der Waals surface area contributed by atoms with Crippen molar-refractivity contribution in [3.63, 3.8) is 0 Å². The van der Waals surface area contributed by atoms with Crippen molar-refractivity contribution >= 4 is 27.6 Å². The maximum absolute atomic E-state index is 13.7. The van der Waals surface area contributed by atoms with Crippen LogP contribution in [0, 0.1) is 11.6 Å². The van der Waals surface area contributed by atoms with Crippen LogP contribution in [-0.4, -0.2) is 54.2 Å². The summed E-state index contributed by atoms with van der Waals surface area (Å²) in [5.41, 5.74) is 0.0863. The SMILES string of the molecule is CS(=O)(=O)Nc1cc(OC[C@@H](O)CO)nc(SCc2cccc(F)c2F)n1. The number of benzene rings is 1. The molecule has 3 N–H and O–H groups in total. The summed E-state index contributed by atoms with van der Waals surface area (Å²) >= 11 is 0.935. The number of aliphatic hydroxyl groups excluding tert-OH is 2. The molecular formula is C15H17F2N3O5S2. The zero-order chi connectivity index (χ0) is 20.0. The molecule has 27 heavy (non-hydrogen) atoms. The van der Waals surface area contributed by atoms with E-state index in [2.05, 4.69) is 14.7 Å². The summed E-state index contributed by atoms with van der Waals surface area (Å²) < 4.78 is 57.2. The van der Waals surface area contributed by atoms with Gasteiger partial charge in [0.25, 0.3) is 0 Å². The monoisotopic (exact) mass is 421 g/mol. The number of nitrogens with one attached hydrogen (secondary N) is 1. The molecule has 12 heteroatoms. The Morgan fingerprint density at radius 1 is 1.33 bits per heavy atom. The van der Waals surface area contributed by atoms with E-state index in [4.69, 9.17) is 9.84 Å². The molecule has 0 saturated carbocycles. The van der Waals surface area contributed by atoms with Gasteiger partial charge in [-0.15, -0.1) is 0 Å². The molecule has 0 radical (unpaired) electrons. The van der Waals surface area contributed by atoms with Gasteiger partial charge in [0.2, 0.25) is 15.9 Å². The highest BCUT2D eigenvalue weighted by molar-refractivity contribution is 7.98. The zero-order valence-corrected chi connectivity index (χ0v) is 15.7. The molecule has 8 nitrogen and oxygen atoms in total. The lowest BCUT2D eigenvalue weighted by molar-refractivity contribution is 0.0518. The van der Waals surface area contributed by atoms with Gasteiger partial charge in [0.1, 0.15) is 18.5 Å². The minimum Gasteiger partial charge on any atom is -0.475 e. The molecule has 1 heterocycles. The highest BCUT2D eigenvalue weighted by Gasteiger charge is 2.13. The van der Waals surface area contributed by atoms with Crippen molar-refractivity contribution in [3.05, 3.63) is 41.5 Å². The second-order valence-corrected chi connectivity index (χ2v) is 8.09. The Hall–Kier alpha value is -2.02. The molecule has 2 rings (SSSR count). The van der Waals surface area contributed by atoms with Crippen molar-refractivity contribution in [1.82, 2.24) is 9.97 Å². The summed E-state index contributed by atoms with van der Waals surface area (Å²) in [6.07, 6.45) is -0.219. The van der Waals surface area contributed by atoms with Crippen LogP contribution in [0.4, 0.5) is 14.6 Å². The van der Waals surface area contributed by atoms with E-state index in [0.29, 0.717) is 0 Å². The number of aromatic nitrogens is 2. The summed E-state index contributed by atoms with van der Waals surface area (Å²) in [7, 11) is -3.63. The van der Waals surface area contributed by atoms with Crippen LogP contribution in [0.15, 0.2) is 29.4 Å². The normalized spacial score (nSPS) is 12.6. The molecule has 2 aromatic rings. The number of anilines is 1. The summed E-state index contributed by atoms with van der Waals surface area (Å²) in [6.45, 7) is -0.811. The topological polar surface area (TPSA) is 122 Å². The molecule has 0 aliphatic rings. The van der Waals surface area contributed by atoms with Gasteiger partial charge >= 0.3 is 0 Å². The largest absolute Gasteiger partial charge is 0.475 e. The molecule has 0 unspecified atom stereocenters. The van der Waals surface area contributed by atoms with Gasteiger partial charge in [0.15, 0.2) is 16.8 Å². The third-order valence-electron chi connectivity index (χ3n) is 2.99. The third kappa shape index (κ3) is 6.90. The van der Waals surface area contributed by atoms with Crippen LogP contribution in [-0.2, 0) is 15.8 Å². The zero-order valence-electron chi connectivity index (χ0n) is 14.1. The van der Waals surface area contributed by atoms with Gasteiger partial charge in [-0.05, 0) is 6.07 Å². The fourth-order valence-electron chi connectivity index (χ4n) is 1.82. The van der Waals surface area contributed by atoms with Crippen molar-refractivity contribution in [1.29, 1.82) is 0 Å². The second-order valence-electron chi connectivity index (χ2n) is 5.40. The summed E-state index contributed by atoms with van der Waals surface area (Å²) in [4.78, 5) is 8.01. The van der Waals surface area contributed by atoms with Gasteiger partial charge in [-0.1, -0.05) is 23.9 Å². The van der Waals surface area contributed by atoms with E-state index in [1.54, 1.807) is 0 Å². The minimum absolute atomic E-state index is 0.00930. The van der Waals surface area contributed by atoms with Gasteiger partial charge in [0, 0.05) is 17.4 Å². The Labute approximate surface area is 158 Å². The van der Waals surface area contributed by atoms with Crippen LogP contribution >= 0.6 is 11.8 Å². The molecule has 0 aliphatic carbocycles. The fraction of sp³-hybridized carbons (Fsp3) is 0.333. The average molecular weight is 421 g/mol. The van der Waals surface area contributed by atoms with Crippen molar-refractivity contribution in [2.24, 2.45) is 0 Å². The maximum atomic E-state index is 13.7. The Balaban J connectivity index is 2.22. The molecule has 0 amide bonds. The van der Waals surface area contributed by atoms with Gasteiger partial charge in [-0.2, -0.15) is 4.98 Å². The van der Waals surface area contributed by atoms with Crippen LogP contribution in [0.2, 0.25) is 0 Å². The third-order valence-corrected chi connectivity index (χ3v) is 4.47. The van der Waals surface area contributed by atoms with Gasteiger partial charge < -0.3 is 14.9 Å². The number of halogens is 2. The standard InChI is InChI=1S/C15H17F2N3O5S2/c1-27(23,24)20-12-5-13(25-7-10(22)6-21)19-15(18-12)26-8-9-3-2-4-11(16)14(9)17/h2-5,10,21-22H,6-8H2,1H3,(H,18,19,20)/t10-/m0/s1. The van der Waals surface area contributed by atoms with Crippen LogP contribution in [0.1, 0.15) is 5.56 Å². The molecule has 0 bridgehead atoms. The predicted octanol–water partition coefficient (Wildman–Crippen LogP) is 1.15. The quantitative estimate of drug-likeness (QED) is 0.407. The molecule has 0 saturated heterocycles. The highest BCUT2D eigenvalue weighted by atomic mass is 32.2. The first-order valence-corrected chi connectivity index (χ1v) is 10.4. The molecule has 1 aromatic carbocycles. The summed E-state index contributed by atoms with van der Waals surface area (Å²) in [6, 6.07) is 4.95. The number of sulfonamides is 1. The van der Waals surface area contributed by atoms with Crippen molar-refractivity contribution < 1.29 is 32.1 Å². The van der Waals surface area contributed by atoms with Crippen LogP contribution in [0.25, 0.3) is 0 Å². The number of nitrogens with zero attached hydrogens (tertiary/aromatic N) is 2. The first kappa shape index (κ1) is 21.3. The van der Waals surface area contributed by atoms with Crippen molar-refractivity contribution in [3.8, 4) is 5.88 Å². The molecular weight excluding hydrogens is 404 g/mol. The van der Waals surface area contributed by atoms with Crippen LogP contribution < -0.4 is 9.46 Å². The fourth-order valence-corrected chi connectivity index (χ4v) is 3.13. The molecule has 0 fully saturated rings. The summed E-state index contributed by atoms with van der Waals surface area (Å²) in [5.74, 6) is -2.14. The molecule has 0 spiro atoms. The van der Waals surface area contributed by atoms with Crippen molar-refractivity contribution in [2.75, 3.05) is 24.2 Å². The van der Waals surface area contributed by atoms with Crippen LogP contribution in [0.5, 0.6) is 5.88 Å². The Morgan fingerprint density at radius 2 is 2.07 bits per heavy atom. The van der Waals surface area contributed by atoms with Crippen molar-refractivity contribution in [2.45, 2.75) is 17.0 Å². The smallest absolute Gasteiger partial charge is 0.230 e. The number of hydrogen-bond acceptors (Lipinski definition) is 8. The highest BCUT2D eigenvalue weighted by Crippen LogP contribution is 2.26. The Bertz CT molecular complexity index is 899. The van der Waals surface area contributed by atoms with Gasteiger partial charge in [-0.3, -0.25) is 4.72 Å². The lowest BCUT2D eigenvalue weighted by atomic mass is 10.2. The number of rotatable bonds is 9. The van der Waals surface area contributed by atoms with E-state index in [1.165, 1.54) is 18.2 Å². The molecule has 1 atom stereocenters. The maximum Gasteiger partial charge on any atom is 0.230 e. The van der Waals surface area contributed by atoms with Crippen LogP contribution in [0.3, 0.4) is 0 Å². The predicted molar refractivity (Wildman–Crippen MR) is 95.0 cm³/mol. The molecule has 1 aromatic heterocycles. The molecule has 0 aliphatic heterocycles. The number of aliphatic hydroxyl groups is 2. The van der Waals surface area contributed by atoms with E-state index in [1.807, 2.05) is 0 Å². The van der Waals surface area contributed by atoms with E-state index < -0.39 is 34.4 Å². The Kier molecular flexibility index (Phi) is 7.30. The molecule has 148 valence electrons. The lowest BCUT2D eigenvalue weighted by Gasteiger charge is -2.12. The number of hydrogen-bond donors (Lipinski definition) is 3. The first-order chi connectivity index (χ1) is 12.7. The number of thioether (sulfide) groups is 1. The van der Waals surface area contributed by atoms with E-state index in [0.717, 1.165) is 24.1 Å². The van der Waals surface area contributed by atoms with Gasteiger partial charge in [0.05, 0.1) is 12.9 Å². The van der Waals surface area contributed by atoms with E-state index in [9.17, 15) is 22.3 Å².